The molecule has 1 aromatic carbocycles. The van der Waals surface area contributed by atoms with Crippen molar-refractivity contribution in [3.05, 3.63) is 35.9 Å². The highest BCUT2D eigenvalue weighted by atomic mass is 15.3. The number of hydrogen-bond donors (Lipinski definition) is 1. The molecule has 1 aliphatic carbocycles. The van der Waals surface area contributed by atoms with Crippen LogP contribution in [0.15, 0.2) is 30.3 Å². The third kappa shape index (κ3) is 2.91. The van der Waals surface area contributed by atoms with E-state index in [1.165, 1.54) is 37.9 Å². The van der Waals surface area contributed by atoms with Crippen molar-refractivity contribution in [3.63, 3.8) is 0 Å². The topological polar surface area (TPSA) is 15.3 Å². The van der Waals surface area contributed by atoms with Crippen LogP contribution in [0.1, 0.15) is 38.7 Å². The third-order valence-corrected chi connectivity index (χ3v) is 5.19. The highest BCUT2D eigenvalue weighted by Gasteiger charge is 2.47. The molecule has 1 saturated carbocycles. The molecular weight excluding hydrogens is 244 g/mol. The van der Waals surface area contributed by atoms with Crippen LogP contribution in [0, 0.1) is 5.92 Å². The van der Waals surface area contributed by atoms with E-state index in [9.17, 15) is 0 Å². The van der Waals surface area contributed by atoms with E-state index in [0.717, 1.165) is 18.9 Å². The molecule has 20 heavy (non-hydrogen) atoms. The number of hydrogen-bond acceptors (Lipinski definition) is 2. The molecule has 110 valence electrons. The molecule has 1 saturated heterocycles. The highest BCUT2D eigenvalue weighted by Crippen LogP contribution is 2.44. The minimum absolute atomic E-state index is 0.406. The summed E-state index contributed by atoms with van der Waals surface area (Å²) in [5.41, 5.74) is 1.86. The van der Waals surface area contributed by atoms with E-state index >= 15 is 0 Å². The fourth-order valence-corrected chi connectivity index (χ4v) is 3.76. The summed E-state index contributed by atoms with van der Waals surface area (Å²) in [5.74, 6) is 0.930. The second-order valence-electron chi connectivity index (χ2n) is 6.85. The number of nitrogens with zero attached hydrogens (tertiary/aromatic N) is 1. The van der Waals surface area contributed by atoms with Gasteiger partial charge in [0.1, 0.15) is 0 Å². The van der Waals surface area contributed by atoms with Crippen LogP contribution < -0.4 is 5.32 Å². The lowest BCUT2D eigenvalue weighted by molar-refractivity contribution is 0.0351. The monoisotopic (exact) mass is 272 g/mol. The van der Waals surface area contributed by atoms with Gasteiger partial charge in [-0.3, -0.25) is 4.90 Å². The number of rotatable bonds is 5. The quantitative estimate of drug-likeness (QED) is 0.886. The van der Waals surface area contributed by atoms with Gasteiger partial charge in [0, 0.05) is 24.7 Å². The molecule has 2 heteroatoms. The van der Waals surface area contributed by atoms with Gasteiger partial charge in [-0.05, 0) is 50.6 Å². The summed E-state index contributed by atoms with van der Waals surface area (Å²) in [6.07, 6.45) is 5.28. The lowest BCUT2D eigenvalue weighted by Gasteiger charge is -2.49. The molecule has 0 radical (unpaired) electrons. The van der Waals surface area contributed by atoms with E-state index in [1.807, 2.05) is 0 Å². The molecule has 1 aliphatic heterocycles. The predicted molar refractivity (Wildman–Crippen MR) is 84.9 cm³/mol. The average molecular weight is 272 g/mol. The van der Waals surface area contributed by atoms with Crippen LogP contribution in [0.4, 0.5) is 0 Å². The Bertz CT molecular complexity index is 426. The Hall–Kier alpha value is -0.860. The maximum absolute atomic E-state index is 3.83. The molecule has 0 amide bonds. The van der Waals surface area contributed by atoms with Gasteiger partial charge in [-0.1, -0.05) is 37.3 Å². The fourth-order valence-electron chi connectivity index (χ4n) is 3.76. The SMILES string of the molecule is CCCN1CC(Cc2ccccc2)NCC1(C)C1CC1. The average Bonchev–Trinajstić information content (AvgIpc) is 3.29. The molecule has 2 aliphatic rings. The Balaban J connectivity index is 1.65. The smallest absolute Gasteiger partial charge is 0.0334 e. The standard InChI is InChI=1S/C18H28N2/c1-3-11-20-13-17(12-15-7-5-4-6-8-15)19-14-18(20,2)16-9-10-16/h4-8,16-17,19H,3,9-14H2,1-2H3. The zero-order valence-corrected chi connectivity index (χ0v) is 12.9. The van der Waals surface area contributed by atoms with Gasteiger partial charge < -0.3 is 5.32 Å². The molecule has 2 nitrogen and oxygen atoms in total. The van der Waals surface area contributed by atoms with E-state index in [4.69, 9.17) is 0 Å². The Morgan fingerprint density at radius 1 is 1.25 bits per heavy atom. The summed E-state index contributed by atoms with van der Waals surface area (Å²) < 4.78 is 0. The van der Waals surface area contributed by atoms with E-state index in [0.29, 0.717) is 11.6 Å². The van der Waals surface area contributed by atoms with E-state index in [-0.39, 0.29) is 0 Å². The summed E-state index contributed by atoms with van der Waals surface area (Å²) in [4.78, 5) is 2.77. The van der Waals surface area contributed by atoms with Crippen molar-refractivity contribution in [3.8, 4) is 0 Å². The molecule has 1 heterocycles. The molecule has 3 rings (SSSR count). The Kier molecular flexibility index (Phi) is 4.13. The molecule has 2 fully saturated rings. The zero-order valence-electron chi connectivity index (χ0n) is 12.9. The summed E-state index contributed by atoms with van der Waals surface area (Å²) in [6.45, 7) is 8.40. The van der Waals surface area contributed by atoms with E-state index in [2.05, 4.69) is 54.4 Å². The second-order valence-corrected chi connectivity index (χ2v) is 6.85. The van der Waals surface area contributed by atoms with Crippen molar-refractivity contribution >= 4 is 0 Å². The van der Waals surface area contributed by atoms with Crippen molar-refractivity contribution in [2.75, 3.05) is 19.6 Å². The van der Waals surface area contributed by atoms with E-state index in [1.54, 1.807) is 0 Å². The fraction of sp³-hybridized carbons (Fsp3) is 0.667. The first-order chi connectivity index (χ1) is 9.72. The summed E-state index contributed by atoms with van der Waals surface area (Å²) in [7, 11) is 0. The molecule has 0 spiro atoms. The lowest BCUT2D eigenvalue weighted by atomic mass is 9.88. The Labute approximate surface area is 123 Å². The van der Waals surface area contributed by atoms with Gasteiger partial charge in [0.2, 0.25) is 0 Å². The maximum atomic E-state index is 3.83. The molecule has 1 N–H and O–H groups in total. The molecule has 2 atom stereocenters. The third-order valence-electron chi connectivity index (χ3n) is 5.19. The van der Waals surface area contributed by atoms with Gasteiger partial charge in [-0.2, -0.15) is 0 Å². The molecule has 0 aromatic heterocycles. The molecule has 1 aromatic rings. The van der Waals surface area contributed by atoms with Crippen molar-refractivity contribution in [1.82, 2.24) is 10.2 Å². The first-order valence-electron chi connectivity index (χ1n) is 8.24. The van der Waals surface area contributed by atoms with Crippen LogP contribution in [0.5, 0.6) is 0 Å². The van der Waals surface area contributed by atoms with Gasteiger partial charge in [0.05, 0.1) is 0 Å². The van der Waals surface area contributed by atoms with Crippen molar-refractivity contribution in [1.29, 1.82) is 0 Å². The minimum atomic E-state index is 0.406. The van der Waals surface area contributed by atoms with E-state index < -0.39 is 0 Å². The van der Waals surface area contributed by atoms with Crippen LogP contribution in [0.2, 0.25) is 0 Å². The van der Waals surface area contributed by atoms with Gasteiger partial charge in [0.15, 0.2) is 0 Å². The summed E-state index contributed by atoms with van der Waals surface area (Å²) in [5, 5.41) is 3.83. The van der Waals surface area contributed by atoms with Crippen molar-refractivity contribution in [2.45, 2.75) is 51.1 Å². The number of piperazine rings is 1. The van der Waals surface area contributed by atoms with Gasteiger partial charge >= 0.3 is 0 Å². The second kappa shape index (κ2) is 5.87. The predicted octanol–water partition coefficient (Wildman–Crippen LogP) is 3.08. The molecule has 2 unspecified atom stereocenters. The van der Waals surface area contributed by atoms with Crippen molar-refractivity contribution in [2.24, 2.45) is 5.92 Å². The summed E-state index contributed by atoms with van der Waals surface area (Å²) >= 11 is 0. The Morgan fingerprint density at radius 3 is 2.65 bits per heavy atom. The van der Waals surface area contributed by atoms with Crippen LogP contribution in [0.25, 0.3) is 0 Å². The highest BCUT2D eigenvalue weighted by molar-refractivity contribution is 5.17. The van der Waals surface area contributed by atoms with Crippen LogP contribution in [-0.4, -0.2) is 36.1 Å². The Morgan fingerprint density at radius 2 is 2.00 bits per heavy atom. The minimum Gasteiger partial charge on any atom is -0.311 e. The van der Waals surface area contributed by atoms with Gasteiger partial charge in [0.25, 0.3) is 0 Å². The van der Waals surface area contributed by atoms with Crippen LogP contribution in [0.3, 0.4) is 0 Å². The first-order valence-corrected chi connectivity index (χ1v) is 8.24. The molecule has 0 bridgehead atoms. The zero-order chi connectivity index (χ0) is 14.0. The van der Waals surface area contributed by atoms with Gasteiger partial charge in [-0.25, -0.2) is 0 Å². The maximum Gasteiger partial charge on any atom is 0.0334 e. The lowest BCUT2D eigenvalue weighted by Crippen LogP contribution is -2.64. The summed E-state index contributed by atoms with van der Waals surface area (Å²) in [6, 6.07) is 11.5. The van der Waals surface area contributed by atoms with Crippen LogP contribution >= 0.6 is 0 Å². The number of nitrogens with one attached hydrogen (secondary N) is 1. The van der Waals surface area contributed by atoms with Crippen molar-refractivity contribution < 1.29 is 0 Å². The largest absolute Gasteiger partial charge is 0.311 e. The first kappa shape index (κ1) is 14.1. The normalized spacial score (nSPS) is 31.4. The molecular formula is C18H28N2. The van der Waals surface area contributed by atoms with Gasteiger partial charge in [-0.15, -0.1) is 0 Å². The number of benzene rings is 1. The van der Waals surface area contributed by atoms with Crippen LogP contribution in [-0.2, 0) is 6.42 Å².